The summed E-state index contributed by atoms with van der Waals surface area (Å²) in [5.74, 6) is 0. The minimum atomic E-state index is 0.407. The molecule has 0 aromatic carbocycles. The van der Waals surface area contributed by atoms with Gasteiger partial charge in [-0.1, -0.05) is 6.92 Å². The third-order valence-electron chi connectivity index (χ3n) is 1.61. The van der Waals surface area contributed by atoms with E-state index in [1.165, 1.54) is 6.42 Å². The monoisotopic (exact) mass is 159 g/mol. The first kappa shape index (κ1) is 10.9. The molecule has 68 valence electrons. The molecule has 0 spiro atoms. The summed E-state index contributed by atoms with van der Waals surface area (Å²) >= 11 is 0. The SMILES string of the molecule is CCCNCCC(C)OCC. The van der Waals surface area contributed by atoms with Crippen LogP contribution in [-0.4, -0.2) is 25.8 Å². The Morgan fingerprint density at radius 2 is 2.00 bits per heavy atom. The van der Waals surface area contributed by atoms with Gasteiger partial charge in [-0.15, -0.1) is 0 Å². The average molecular weight is 159 g/mol. The lowest BCUT2D eigenvalue weighted by Crippen LogP contribution is -2.21. The summed E-state index contributed by atoms with van der Waals surface area (Å²) in [6, 6.07) is 0. The van der Waals surface area contributed by atoms with E-state index in [9.17, 15) is 0 Å². The number of nitrogens with one attached hydrogen (secondary N) is 1. The molecule has 11 heavy (non-hydrogen) atoms. The number of ether oxygens (including phenoxy) is 1. The Kier molecular flexibility index (Phi) is 7.96. The highest BCUT2D eigenvalue weighted by molar-refractivity contribution is 4.53. The molecule has 0 aliphatic heterocycles. The Hall–Kier alpha value is -0.0800. The Bertz CT molecular complexity index is 76.0. The molecule has 2 heteroatoms. The van der Waals surface area contributed by atoms with Crippen molar-refractivity contribution in [3.63, 3.8) is 0 Å². The van der Waals surface area contributed by atoms with Crippen LogP contribution in [-0.2, 0) is 4.74 Å². The van der Waals surface area contributed by atoms with E-state index in [1.807, 2.05) is 6.92 Å². The molecule has 0 aromatic heterocycles. The zero-order chi connectivity index (χ0) is 8.53. The molecule has 2 nitrogen and oxygen atoms in total. The Morgan fingerprint density at radius 1 is 1.27 bits per heavy atom. The molecule has 1 N–H and O–H groups in total. The van der Waals surface area contributed by atoms with Gasteiger partial charge in [0.2, 0.25) is 0 Å². The number of rotatable bonds is 7. The van der Waals surface area contributed by atoms with Gasteiger partial charge < -0.3 is 10.1 Å². The molecule has 0 amide bonds. The Morgan fingerprint density at radius 3 is 2.55 bits per heavy atom. The maximum atomic E-state index is 5.38. The van der Waals surface area contributed by atoms with Gasteiger partial charge in [0.15, 0.2) is 0 Å². The fourth-order valence-corrected chi connectivity index (χ4v) is 0.975. The van der Waals surface area contributed by atoms with Crippen LogP contribution in [0.15, 0.2) is 0 Å². The third kappa shape index (κ3) is 7.82. The van der Waals surface area contributed by atoms with Crippen LogP contribution in [0.5, 0.6) is 0 Å². The fourth-order valence-electron chi connectivity index (χ4n) is 0.975. The van der Waals surface area contributed by atoms with Crippen LogP contribution in [0.2, 0.25) is 0 Å². The molecule has 0 aliphatic rings. The van der Waals surface area contributed by atoms with Crippen molar-refractivity contribution < 1.29 is 4.74 Å². The van der Waals surface area contributed by atoms with Gasteiger partial charge in [-0.05, 0) is 39.8 Å². The maximum absolute atomic E-state index is 5.38. The van der Waals surface area contributed by atoms with Crippen molar-refractivity contribution in [1.29, 1.82) is 0 Å². The van der Waals surface area contributed by atoms with Crippen molar-refractivity contribution in [3.05, 3.63) is 0 Å². The van der Waals surface area contributed by atoms with E-state index in [1.54, 1.807) is 0 Å². The summed E-state index contributed by atoms with van der Waals surface area (Å²) in [5, 5.41) is 3.34. The average Bonchev–Trinajstić information content (AvgIpc) is 1.99. The molecule has 0 heterocycles. The molecule has 1 atom stereocenters. The highest BCUT2D eigenvalue weighted by Crippen LogP contribution is 1.94. The molecule has 0 fully saturated rings. The highest BCUT2D eigenvalue weighted by atomic mass is 16.5. The molecular weight excluding hydrogens is 138 g/mol. The van der Waals surface area contributed by atoms with Gasteiger partial charge in [0.25, 0.3) is 0 Å². The van der Waals surface area contributed by atoms with Crippen LogP contribution < -0.4 is 5.32 Å². The van der Waals surface area contributed by atoms with Gasteiger partial charge in [0, 0.05) is 6.61 Å². The van der Waals surface area contributed by atoms with Crippen LogP contribution in [0.4, 0.5) is 0 Å². The first-order valence-corrected chi connectivity index (χ1v) is 4.63. The number of hydrogen-bond acceptors (Lipinski definition) is 2. The molecule has 0 saturated carbocycles. The minimum Gasteiger partial charge on any atom is -0.379 e. The standard InChI is InChI=1S/C9H21NO/c1-4-7-10-8-6-9(3)11-5-2/h9-10H,4-8H2,1-3H3. The lowest BCUT2D eigenvalue weighted by molar-refractivity contribution is 0.0705. The summed E-state index contributed by atoms with van der Waals surface area (Å²) in [6.45, 7) is 9.37. The van der Waals surface area contributed by atoms with E-state index in [-0.39, 0.29) is 0 Å². The van der Waals surface area contributed by atoms with Crippen molar-refractivity contribution in [2.75, 3.05) is 19.7 Å². The van der Waals surface area contributed by atoms with Crippen LogP contribution in [0.1, 0.15) is 33.6 Å². The van der Waals surface area contributed by atoms with Gasteiger partial charge in [-0.3, -0.25) is 0 Å². The lowest BCUT2D eigenvalue weighted by atomic mass is 10.3. The summed E-state index contributed by atoms with van der Waals surface area (Å²) in [5.41, 5.74) is 0. The van der Waals surface area contributed by atoms with E-state index in [4.69, 9.17) is 4.74 Å². The van der Waals surface area contributed by atoms with Crippen molar-refractivity contribution in [2.24, 2.45) is 0 Å². The zero-order valence-electron chi connectivity index (χ0n) is 8.02. The topological polar surface area (TPSA) is 21.3 Å². The Labute approximate surface area is 70.3 Å². The predicted octanol–water partition coefficient (Wildman–Crippen LogP) is 1.80. The summed E-state index contributed by atoms with van der Waals surface area (Å²) in [7, 11) is 0. The minimum absolute atomic E-state index is 0.407. The summed E-state index contributed by atoms with van der Waals surface area (Å²) in [4.78, 5) is 0. The molecular formula is C9H21NO. The second-order valence-electron chi connectivity index (χ2n) is 2.80. The van der Waals surface area contributed by atoms with Gasteiger partial charge in [0.05, 0.1) is 6.10 Å². The molecule has 0 bridgehead atoms. The zero-order valence-corrected chi connectivity index (χ0v) is 8.02. The van der Waals surface area contributed by atoms with Crippen LogP contribution in [0.25, 0.3) is 0 Å². The maximum Gasteiger partial charge on any atom is 0.0558 e. The quantitative estimate of drug-likeness (QED) is 0.572. The lowest BCUT2D eigenvalue weighted by Gasteiger charge is -2.11. The van der Waals surface area contributed by atoms with Crippen LogP contribution in [0.3, 0.4) is 0 Å². The fraction of sp³-hybridized carbons (Fsp3) is 1.00. The first-order valence-electron chi connectivity index (χ1n) is 4.63. The number of hydrogen-bond donors (Lipinski definition) is 1. The molecule has 0 rings (SSSR count). The molecule has 0 aliphatic carbocycles. The predicted molar refractivity (Wildman–Crippen MR) is 48.9 cm³/mol. The third-order valence-corrected chi connectivity index (χ3v) is 1.61. The molecule has 1 unspecified atom stereocenters. The summed E-state index contributed by atoms with van der Waals surface area (Å²) in [6.07, 6.45) is 2.74. The summed E-state index contributed by atoms with van der Waals surface area (Å²) < 4.78 is 5.38. The second kappa shape index (κ2) is 8.02. The molecule has 0 aromatic rings. The van der Waals surface area contributed by atoms with Crippen LogP contribution >= 0.6 is 0 Å². The van der Waals surface area contributed by atoms with Gasteiger partial charge in [-0.25, -0.2) is 0 Å². The van der Waals surface area contributed by atoms with E-state index in [0.29, 0.717) is 6.10 Å². The van der Waals surface area contributed by atoms with Crippen molar-refractivity contribution in [1.82, 2.24) is 5.32 Å². The first-order chi connectivity index (χ1) is 5.31. The van der Waals surface area contributed by atoms with E-state index >= 15 is 0 Å². The second-order valence-corrected chi connectivity index (χ2v) is 2.80. The van der Waals surface area contributed by atoms with E-state index < -0.39 is 0 Å². The largest absolute Gasteiger partial charge is 0.379 e. The van der Waals surface area contributed by atoms with E-state index in [0.717, 1.165) is 26.1 Å². The van der Waals surface area contributed by atoms with Gasteiger partial charge in [0.1, 0.15) is 0 Å². The highest BCUT2D eigenvalue weighted by Gasteiger charge is 1.98. The van der Waals surface area contributed by atoms with Crippen LogP contribution in [0, 0.1) is 0 Å². The van der Waals surface area contributed by atoms with E-state index in [2.05, 4.69) is 19.2 Å². The molecule has 0 saturated heterocycles. The smallest absolute Gasteiger partial charge is 0.0558 e. The normalized spacial score (nSPS) is 13.4. The Balaban J connectivity index is 2.97. The van der Waals surface area contributed by atoms with Crippen molar-refractivity contribution in [3.8, 4) is 0 Å². The van der Waals surface area contributed by atoms with Crippen molar-refractivity contribution in [2.45, 2.75) is 39.7 Å². The van der Waals surface area contributed by atoms with Gasteiger partial charge in [-0.2, -0.15) is 0 Å². The molecule has 0 radical (unpaired) electrons. The van der Waals surface area contributed by atoms with Gasteiger partial charge >= 0.3 is 0 Å². The van der Waals surface area contributed by atoms with Crippen molar-refractivity contribution >= 4 is 0 Å².